The molecule has 0 spiro atoms. The van der Waals surface area contributed by atoms with Crippen LogP contribution >= 0.6 is 0 Å². The zero-order valence-corrected chi connectivity index (χ0v) is 16.2. The Morgan fingerprint density at radius 2 is 1.96 bits per heavy atom. The molecule has 0 aliphatic rings. The van der Waals surface area contributed by atoms with Gasteiger partial charge in [-0.25, -0.2) is 0 Å². The summed E-state index contributed by atoms with van der Waals surface area (Å²) in [6.07, 6.45) is 1.44. The second-order valence-electron chi connectivity index (χ2n) is 6.51. The lowest BCUT2D eigenvalue weighted by Crippen LogP contribution is -2.18. The number of para-hydroxylation sites is 2. The van der Waals surface area contributed by atoms with Crippen molar-refractivity contribution < 1.29 is 9.53 Å². The molecule has 0 bridgehead atoms. The van der Waals surface area contributed by atoms with E-state index in [1.54, 1.807) is 7.11 Å². The van der Waals surface area contributed by atoms with Gasteiger partial charge in [-0.2, -0.15) is 5.26 Å². The Hall–Kier alpha value is -3.26. The fraction of sp³-hybridized carbons (Fsp3) is 0.273. The van der Waals surface area contributed by atoms with Gasteiger partial charge in [0.1, 0.15) is 17.4 Å². The average molecular weight is 363 g/mol. The van der Waals surface area contributed by atoms with E-state index in [0.717, 1.165) is 28.1 Å². The van der Waals surface area contributed by atoms with Crippen LogP contribution in [-0.2, 0) is 11.3 Å². The van der Waals surface area contributed by atoms with Gasteiger partial charge in [-0.3, -0.25) is 4.79 Å². The van der Waals surface area contributed by atoms with E-state index in [1.807, 2.05) is 55.5 Å². The second kappa shape index (κ2) is 9.44. The molecule has 0 fully saturated rings. The Balaban J connectivity index is 2.13. The summed E-state index contributed by atoms with van der Waals surface area (Å²) in [6, 6.07) is 15.4. The molecule has 0 aromatic heterocycles. The molecule has 2 rings (SSSR count). The smallest absolute Gasteiger partial charge is 0.267 e. The van der Waals surface area contributed by atoms with Crippen molar-refractivity contribution in [1.82, 2.24) is 5.32 Å². The molecule has 5 heteroatoms. The molecular weight excluding hydrogens is 338 g/mol. The third-order valence-corrected chi connectivity index (χ3v) is 4.26. The number of carbonyl (C=O) groups is 1. The van der Waals surface area contributed by atoms with E-state index >= 15 is 0 Å². The zero-order chi connectivity index (χ0) is 19.8. The Morgan fingerprint density at radius 1 is 1.22 bits per heavy atom. The van der Waals surface area contributed by atoms with Crippen molar-refractivity contribution in [2.24, 2.45) is 0 Å². The Morgan fingerprint density at radius 3 is 2.63 bits per heavy atom. The number of amides is 1. The Kier molecular flexibility index (Phi) is 7.01. The minimum atomic E-state index is -0.429. The van der Waals surface area contributed by atoms with E-state index in [-0.39, 0.29) is 11.5 Å². The lowest BCUT2D eigenvalue weighted by atomic mass is 9.98. The minimum Gasteiger partial charge on any atom is -0.496 e. The van der Waals surface area contributed by atoms with Crippen LogP contribution in [0.5, 0.6) is 5.75 Å². The summed E-state index contributed by atoms with van der Waals surface area (Å²) >= 11 is 0. The number of nitriles is 1. The molecule has 2 N–H and O–H groups in total. The van der Waals surface area contributed by atoms with Gasteiger partial charge in [0, 0.05) is 24.0 Å². The number of nitrogens with one attached hydrogen (secondary N) is 2. The molecule has 0 saturated heterocycles. The van der Waals surface area contributed by atoms with Gasteiger partial charge in [-0.15, -0.1) is 0 Å². The molecule has 0 saturated carbocycles. The van der Waals surface area contributed by atoms with Crippen LogP contribution in [0, 0.1) is 18.3 Å². The fourth-order valence-corrected chi connectivity index (χ4v) is 2.78. The van der Waals surface area contributed by atoms with Crippen LogP contribution < -0.4 is 15.4 Å². The molecule has 0 heterocycles. The topological polar surface area (TPSA) is 74.1 Å². The first-order valence-corrected chi connectivity index (χ1v) is 8.84. The number of benzene rings is 2. The van der Waals surface area contributed by atoms with Crippen molar-refractivity contribution in [3.63, 3.8) is 0 Å². The molecule has 140 valence electrons. The van der Waals surface area contributed by atoms with Gasteiger partial charge in [0.05, 0.1) is 7.11 Å². The van der Waals surface area contributed by atoms with Crippen LogP contribution in [0.25, 0.3) is 0 Å². The summed E-state index contributed by atoms with van der Waals surface area (Å²) in [4.78, 5) is 12.6. The van der Waals surface area contributed by atoms with E-state index in [9.17, 15) is 10.1 Å². The van der Waals surface area contributed by atoms with Crippen LogP contribution in [0.1, 0.15) is 36.5 Å². The second-order valence-corrected chi connectivity index (χ2v) is 6.51. The van der Waals surface area contributed by atoms with Crippen LogP contribution in [0.15, 0.2) is 54.2 Å². The highest BCUT2D eigenvalue weighted by Crippen LogP contribution is 2.27. The van der Waals surface area contributed by atoms with Crippen LogP contribution in [0.3, 0.4) is 0 Å². The molecule has 0 radical (unpaired) electrons. The molecule has 2 aromatic carbocycles. The monoisotopic (exact) mass is 363 g/mol. The lowest BCUT2D eigenvalue weighted by molar-refractivity contribution is -0.112. The predicted octanol–water partition coefficient (Wildman–Crippen LogP) is 4.26. The van der Waals surface area contributed by atoms with Gasteiger partial charge in [0.25, 0.3) is 5.91 Å². The van der Waals surface area contributed by atoms with Gasteiger partial charge < -0.3 is 15.4 Å². The molecular formula is C22H25N3O2. The van der Waals surface area contributed by atoms with E-state index in [2.05, 4.69) is 24.5 Å². The van der Waals surface area contributed by atoms with E-state index < -0.39 is 5.91 Å². The van der Waals surface area contributed by atoms with Crippen LogP contribution in [0.2, 0.25) is 0 Å². The van der Waals surface area contributed by atoms with Crippen molar-refractivity contribution in [3.05, 3.63) is 70.9 Å². The summed E-state index contributed by atoms with van der Waals surface area (Å²) in [7, 11) is 1.61. The van der Waals surface area contributed by atoms with E-state index in [1.165, 1.54) is 6.20 Å². The first kappa shape index (κ1) is 20.1. The van der Waals surface area contributed by atoms with Crippen molar-refractivity contribution in [3.8, 4) is 11.8 Å². The summed E-state index contributed by atoms with van der Waals surface area (Å²) in [5.74, 6) is 0.586. The minimum absolute atomic E-state index is 0.0165. The Labute approximate surface area is 160 Å². The first-order chi connectivity index (χ1) is 13.0. The number of rotatable bonds is 7. The highest BCUT2D eigenvalue weighted by molar-refractivity contribution is 6.07. The van der Waals surface area contributed by atoms with E-state index in [4.69, 9.17) is 4.74 Å². The highest BCUT2D eigenvalue weighted by atomic mass is 16.5. The summed E-state index contributed by atoms with van der Waals surface area (Å²) < 4.78 is 5.30. The zero-order valence-electron chi connectivity index (χ0n) is 16.2. The van der Waals surface area contributed by atoms with Crippen molar-refractivity contribution in [1.29, 1.82) is 5.26 Å². The molecule has 0 aliphatic heterocycles. The normalized spacial score (nSPS) is 11.0. The quantitative estimate of drug-likeness (QED) is 0.569. The van der Waals surface area contributed by atoms with Crippen molar-refractivity contribution >= 4 is 11.6 Å². The number of nitrogens with zero attached hydrogens (tertiary/aromatic N) is 1. The number of anilines is 1. The number of aryl methyl sites for hydroxylation is 1. The van der Waals surface area contributed by atoms with Gasteiger partial charge in [0.2, 0.25) is 0 Å². The maximum Gasteiger partial charge on any atom is 0.267 e. The molecule has 0 unspecified atom stereocenters. The largest absolute Gasteiger partial charge is 0.496 e. The van der Waals surface area contributed by atoms with Gasteiger partial charge in [-0.1, -0.05) is 50.2 Å². The van der Waals surface area contributed by atoms with Crippen LogP contribution in [-0.4, -0.2) is 13.0 Å². The van der Waals surface area contributed by atoms with Crippen molar-refractivity contribution in [2.45, 2.75) is 33.2 Å². The number of hydrogen-bond donors (Lipinski definition) is 2. The molecule has 0 aliphatic carbocycles. The average Bonchev–Trinajstić information content (AvgIpc) is 2.66. The predicted molar refractivity (Wildman–Crippen MR) is 107 cm³/mol. The first-order valence-electron chi connectivity index (χ1n) is 8.84. The maximum absolute atomic E-state index is 12.6. The number of hydrogen-bond acceptors (Lipinski definition) is 4. The number of ether oxygens (including phenoxy) is 1. The highest BCUT2D eigenvalue weighted by Gasteiger charge is 2.15. The standard InChI is InChI=1S/C22H25N3O2/c1-15(2)19-10-7-8-16(3)21(19)25-22(26)18(12-23)14-24-13-17-9-5-6-11-20(17)27-4/h5-11,14-15,24H,13H2,1-4H3,(H,25,26)/b18-14-. The SMILES string of the molecule is COc1ccccc1CN/C=C(/C#N)C(=O)Nc1c(C)cccc1C(C)C. The summed E-state index contributed by atoms with van der Waals surface area (Å²) in [5.41, 5.74) is 3.73. The third kappa shape index (κ3) is 5.11. The van der Waals surface area contributed by atoms with E-state index in [0.29, 0.717) is 6.54 Å². The Bertz CT molecular complexity index is 879. The number of carbonyl (C=O) groups excluding carboxylic acids is 1. The van der Waals surface area contributed by atoms with Gasteiger partial charge >= 0.3 is 0 Å². The van der Waals surface area contributed by atoms with Gasteiger partial charge in [0.15, 0.2) is 0 Å². The summed E-state index contributed by atoms with van der Waals surface area (Å²) in [5, 5.41) is 15.3. The maximum atomic E-state index is 12.6. The summed E-state index contributed by atoms with van der Waals surface area (Å²) in [6.45, 7) is 6.53. The fourth-order valence-electron chi connectivity index (χ4n) is 2.78. The molecule has 0 atom stereocenters. The molecule has 2 aromatic rings. The third-order valence-electron chi connectivity index (χ3n) is 4.26. The van der Waals surface area contributed by atoms with Crippen LogP contribution in [0.4, 0.5) is 5.69 Å². The molecule has 27 heavy (non-hydrogen) atoms. The lowest BCUT2D eigenvalue weighted by Gasteiger charge is -2.16. The molecule has 5 nitrogen and oxygen atoms in total. The van der Waals surface area contributed by atoms with Gasteiger partial charge in [-0.05, 0) is 30.0 Å². The number of methoxy groups -OCH3 is 1. The van der Waals surface area contributed by atoms with Crippen molar-refractivity contribution in [2.75, 3.05) is 12.4 Å². The molecule has 1 amide bonds.